The van der Waals surface area contributed by atoms with E-state index >= 15 is 0 Å². The molecule has 2 amide bonds. The van der Waals surface area contributed by atoms with Gasteiger partial charge in [-0.3, -0.25) is 23.9 Å². The van der Waals surface area contributed by atoms with Crippen LogP contribution in [0.1, 0.15) is 46.8 Å². The minimum atomic E-state index is -1.12. The van der Waals surface area contributed by atoms with Gasteiger partial charge >= 0.3 is 0 Å². The molecule has 1 N–H and O–H groups in total. The third-order valence-corrected chi connectivity index (χ3v) is 9.89. The van der Waals surface area contributed by atoms with Crippen molar-refractivity contribution in [1.82, 2.24) is 33.5 Å². The Hall–Kier alpha value is -5.03. The van der Waals surface area contributed by atoms with Gasteiger partial charge in [-0.1, -0.05) is 36.4 Å². The number of hydrogen-bond donors (Lipinski definition) is 1. The number of likely N-dealkylation sites (tertiary alicyclic amines) is 2. The summed E-state index contributed by atoms with van der Waals surface area (Å²) >= 11 is 0. The number of piperidine rings is 2. The zero-order valence-electron chi connectivity index (χ0n) is 26.5. The second-order valence-electron chi connectivity index (χ2n) is 12.9. The second-order valence-corrected chi connectivity index (χ2v) is 12.9. The molecular weight excluding hydrogens is 594 g/mol. The van der Waals surface area contributed by atoms with Crippen LogP contribution in [-0.4, -0.2) is 82.2 Å². The number of nitrogens with zero attached hydrogens (tertiary/aromatic N) is 7. The first-order valence-electron chi connectivity index (χ1n) is 16.2. The molecule has 2 fully saturated rings. The van der Waals surface area contributed by atoms with Gasteiger partial charge in [0.2, 0.25) is 5.91 Å². The van der Waals surface area contributed by atoms with Crippen molar-refractivity contribution < 1.29 is 14.7 Å². The van der Waals surface area contributed by atoms with Crippen LogP contribution in [0.4, 0.5) is 0 Å². The molecule has 0 spiro atoms. The first-order chi connectivity index (χ1) is 22.8. The predicted octanol–water partition coefficient (Wildman–Crippen LogP) is 3.28. The van der Waals surface area contributed by atoms with Crippen LogP contribution in [0.2, 0.25) is 0 Å². The molecule has 11 nitrogen and oxygen atoms in total. The highest BCUT2D eigenvalue weighted by molar-refractivity contribution is 5.93. The minimum absolute atomic E-state index is 0.0489. The van der Waals surface area contributed by atoms with Gasteiger partial charge in [0, 0.05) is 76.4 Å². The average Bonchev–Trinajstić information content (AvgIpc) is 3.72. The molecule has 0 aliphatic carbocycles. The lowest BCUT2D eigenvalue weighted by Gasteiger charge is -2.43. The number of aromatic nitrogens is 5. The molecule has 0 saturated carbocycles. The number of aliphatic hydroxyl groups is 1. The number of benzene rings is 1. The number of pyridine rings is 1. The average molecular weight is 634 g/mol. The Bertz CT molecular complexity index is 1940. The van der Waals surface area contributed by atoms with Gasteiger partial charge in [0.15, 0.2) is 0 Å². The van der Waals surface area contributed by atoms with Crippen LogP contribution >= 0.6 is 0 Å². The van der Waals surface area contributed by atoms with E-state index in [-0.39, 0.29) is 35.8 Å². The maximum Gasteiger partial charge on any atom is 0.270 e. The van der Waals surface area contributed by atoms with E-state index in [0.717, 1.165) is 11.1 Å². The second kappa shape index (κ2) is 12.6. The van der Waals surface area contributed by atoms with Gasteiger partial charge in [0.1, 0.15) is 17.7 Å². The topological polar surface area (TPSA) is 118 Å². The number of hydrogen-bond acceptors (Lipinski definition) is 6. The van der Waals surface area contributed by atoms with E-state index in [0.29, 0.717) is 68.7 Å². The predicted molar refractivity (Wildman–Crippen MR) is 177 cm³/mol. The van der Waals surface area contributed by atoms with Gasteiger partial charge in [-0.15, -0.1) is 0 Å². The standard InChI is InChI=1S/C36H39N7O4/c1-39-17-11-29-32(39)38-25-43(34(29)45)24-36(47)13-19-40(20-14-36)33(44)28-12-18-42(23-30(28)27-8-3-2-4-9-27)35(46)31-10-6-16-41(31)22-26-7-5-15-37-21-26/h2-11,15-17,21,25,28,30,47H,12-14,18-20,22-24H2,1H3/t28-,30+/m1/s1. The highest BCUT2D eigenvalue weighted by Gasteiger charge is 2.42. The molecule has 2 aliphatic heterocycles. The van der Waals surface area contributed by atoms with Gasteiger partial charge in [0.25, 0.3) is 11.5 Å². The van der Waals surface area contributed by atoms with Crippen molar-refractivity contribution in [2.24, 2.45) is 13.0 Å². The summed E-state index contributed by atoms with van der Waals surface area (Å²) in [5.74, 6) is -0.446. The van der Waals surface area contributed by atoms with Crippen LogP contribution in [0, 0.1) is 5.92 Å². The van der Waals surface area contributed by atoms with Gasteiger partial charge in [-0.05, 0) is 54.7 Å². The van der Waals surface area contributed by atoms with E-state index in [1.54, 1.807) is 29.2 Å². The summed E-state index contributed by atoms with van der Waals surface area (Å²) in [5.41, 5.74) is 1.97. The molecule has 11 heteroatoms. The van der Waals surface area contributed by atoms with Crippen LogP contribution in [0.15, 0.2) is 96.6 Å². The maximum atomic E-state index is 14.1. The summed E-state index contributed by atoms with van der Waals surface area (Å²) in [7, 11) is 1.84. The molecule has 47 heavy (non-hydrogen) atoms. The fourth-order valence-corrected chi connectivity index (χ4v) is 7.21. The third-order valence-electron chi connectivity index (χ3n) is 9.89. The largest absolute Gasteiger partial charge is 0.388 e. The first kappa shape index (κ1) is 30.6. The van der Waals surface area contributed by atoms with E-state index in [4.69, 9.17) is 0 Å². The number of amides is 2. The Labute approximate surface area is 272 Å². The van der Waals surface area contributed by atoms with Crippen LogP contribution in [0.5, 0.6) is 0 Å². The molecule has 0 bridgehead atoms. The van der Waals surface area contributed by atoms with Crippen molar-refractivity contribution in [3.05, 3.63) is 119 Å². The quantitative estimate of drug-likeness (QED) is 0.294. The Morgan fingerprint density at radius 2 is 1.74 bits per heavy atom. The summed E-state index contributed by atoms with van der Waals surface area (Å²) < 4.78 is 5.22. The van der Waals surface area contributed by atoms with Crippen molar-refractivity contribution >= 4 is 22.8 Å². The number of rotatable bonds is 7. The SMILES string of the molecule is Cn1ccc2c(=O)n(CC3(O)CCN(C(=O)[C@@H]4CCN(C(=O)c5cccn5Cc5cccnc5)C[C@H]4c4ccccc4)CC3)cnc21. The van der Waals surface area contributed by atoms with E-state index in [1.807, 2.05) is 82.2 Å². The summed E-state index contributed by atoms with van der Waals surface area (Å²) in [6, 6.07) is 19.3. The monoisotopic (exact) mass is 633 g/mol. The zero-order valence-corrected chi connectivity index (χ0v) is 26.5. The van der Waals surface area contributed by atoms with Gasteiger partial charge < -0.3 is 24.0 Å². The Morgan fingerprint density at radius 1 is 0.936 bits per heavy atom. The Kier molecular flexibility index (Phi) is 8.23. The van der Waals surface area contributed by atoms with E-state index in [1.165, 1.54) is 10.9 Å². The molecule has 5 aromatic rings. The molecule has 4 aromatic heterocycles. The van der Waals surface area contributed by atoms with Crippen molar-refractivity contribution in [1.29, 1.82) is 0 Å². The summed E-state index contributed by atoms with van der Waals surface area (Å²) in [4.78, 5) is 53.4. The molecular formula is C36H39N7O4. The first-order valence-corrected chi connectivity index (χ1v) is 16.2. The van der Waals surface area contributed by atoms with E-state index in [9.17, 15) is 19.5 Å². The van der Waals surface area contributed by atoms with Gasteiger partial charge in [-0.2, -0.15) is 0 Å². The molecule has 7 rings (SSSR count). The fourth-order valence-electron chi connectivity index (χ4n) is 7.21. The van der Waals surface area contributed by atoms with Crippen molar-refractivity contribution in [2.45, 2.75) is 43.9 Å². The van der Waals surface area contributed by atoms with Gasteiger partial charge in [-0.25, -0.2) is 4.98 Å². The van der Waals surface area contributed by atoms with Crippen molar-refractivity contribution in [3.8, 4) is 0 Å². The minimum Gasteiger partial charge on any atom is -0.388 e. The van der Waals surface area contributed by atoms with Crippen molar-refractivity contribution in [3.63, 3.8) is 0 Å². The molecule has 0 radical (unpaired) electrons. The van der Waals surface area contributed by atoms with E-state index in [2.05, 4.69) is 9.97 Å². The zero-order chi connectivity index (χ0) is 32.5. The lowest BCUT2D eigenvalue weighted by atomic mass is 9.79. The smallest absolute Gasteiger partial charge is 0.270 e. The number of carbonyl (C=O) groups is 2. The summed E-state index contributed by atoms with van der Waals surface area (Å²) in [6.45, 7) is 2.38. The maximum absolute atomic E-state index is 14.1. The summed E-state index contributed by atoms with van der Waals surface area (Å²) in [5, 5.41) is 12.0. The fraction of sp³-hybridized carbons (Fsp3) is 0.361. The third kappa shape index (κ3) is 6.10. The molecule has 0 unspecified atom stereocenters. The highest BCUT2D eigenvalue weighted by atomic mass is 16.3. The van der Waals surface area contributed by atoms with Gasteiger partial charge in [0.05, 0.1) is 17.5 Å². The van der Waals surface area contributed by atoms with Crippen molar-refractivity contribution in [2.75, 3.05) is 26.2 Å². The molecule has 242 valence electrons. The molecule has 6 heterocycles. The Balaban J connectivity index is 1.04. The van der Waals surface area contributed by atoms with Crippen LogP contribution in [0.3, 0.4) is 0 Å². The number of aryl methyl sites for hydroxylation is 1. The molecule has 2 atom stereocenters. The van der Waals surface area contributed by atoms with Crippen LogP contribution in [-0.2, 0) is 24.9 Å². The molecule has 2 aliphatic rings. The lowest BCUT2D eigenvalue weighted by molar-refractivity contribution is -0.142. The van der Waals surface area contributed by atoms with Crippen LogP contribution < -0.4 is 5.56 Å². The number of carbonyl (C=O) groups excluding carboxylic acids is 2. The normalized spacial score (nSPS) is 19.6. The summed E-state index contributed by atoms with van der Waals surface area (Å²) in [6.07, 6.45) is 10.0. The lowest BCUT2D eigenvalue weighted by Crippen LogP contribution is -2.53. The van der Waals surface area contributed by atoms with Crippen LogP contribution in [0.25, 0.3) is 11.0 Å². The molecule has 2 saturated heterocycles. The van der Waals surface area contributed by atoms with E-state index < -0.39 is 5.60 Å². The Morgan fingerprint density at radius 3 is 2.51 bits per heavy atom. The molecule has 1 aromatic carbocycles. The number of fused-ring (bicyclic) bond motifs is 1. The highest BCUT2D eigenvalue weighted by Crippen LogP contribution is 2.36.